The molecule has 1 aliphatic rings. The normalized spacial score (nSPS) is 18.6. The third-order valence-corrected chi connectivity index (χ3v) is 2.64. The van der Waals surface area contributed by atoms with Crippen molar-refractivity contribution in [3.8, 4) is 0 Å². The summed E-state index contributed by atoms with van der Waals surface area (Å²) in [6.45, 7) is 13.8. The summed E-state index contributed by atoms with van der Waals surface area (Å²) in [5.41, 5.74) is 3.78. The molecule has 0 atom stereocenters. The van der Waals surface area contributed by atoms with Gasteiger partial charge in [0.15, 0.2) is 0 Å². The van der Waals surface area contributed by atoms with Gasteiger partial charge in [-0.3, -0.25) is 0 Å². The van der Waals surface area contributed by atoms with Gasteiger partial charge in [-0.05, 0) is 22.8 Å². The lowest BCUT2D eigenvalue weighted by molar-refractivity contribution is 0.452. The Hall–Kier alpha value is -0.520. The van der Waals surface area contributed by atoms with Crippen molar-refractivity contribution < 1.29 is 0 Å². The summed E-state index contributed by atoms with van der Waals surface area (Å²) in [6, 6.07) is 0. The molecule has 0 aliphatic heterocycles. The molecule has 1 aliphatic carbocycles. The molecule has 0 unspecified atom stereocenters. The van der Waals surface area contributed by atoms with E-state index >= 15 is 0 Å². The maximum atomic E-state index is 2.31. The quantitative estimate of drug-likeness (QED) is 0.518. The molecule has 0 fully saturated rings. The Morgan fingerprint density at radius 1 is 0.923 bits per heavy atom. The van der Waals surface area contributed by atoms with Crippen LogP contribution in [0.2, 0.25) is 0 Å². The van der Waals surface area contributed by atoms with E-state index in [1.807, 2.05) is 0 Å². The molecule has 0 N–H and O–H groups in total. The van der Waals surface area contributed by atoms with Gasteiger partial charge in [-0.2, -0.15) is 0 Å². The molecular formula is C13H22. The van der Waals surface area contributed by atoms with E-state index in [-0.39, 0.29) is 0 Å². The Morgan fingerprint density at radius 2 is 1.46 bits per heavy atom. The van der Waals surface area contributed by atoms with Crippen molar-refractivity contribution in [2.45, 2.75) is 48.0 Å². The van der Waals surface area contributed by atoms with Crippen LogP contribution in [-0.4, -0.2) is 0 Å². The van der Waals surface area contributed by atoms with E-state index in [0.717, 1.165) is 6.42 Å². The van der Waals surface area contributed by atoms with Gasteiger partial charge in [-0.15, -0.1) is 0 Å². The van der Waals surface area contributed by atoms with Crippen molar-refractivity contribution in [2.75, 3.05) is 0 Å². The van der Waals surface area contributed by atoms with Crippen molar-refractivity contribution in [1.82, 2.24) is 0 Å². The Labute approximate surface area is 82.7 Å². The molecule has 0 heteroatoms. The van der Waals surface area contributed by atoms with Crippen LogP contribution in [0.15, 0.2) is 23.3 Å². The minimum atomic E-state index is 0.301. The van der Waals surface area contributed by atoms with Crippen LogP contribution in [0.3, 0.4) is 0 Å². The Kier molecular flexibility index (Phi) is 2.44. The molecule has 0 radical (unpaired) electrons. The Bertz CT molecular complexity index is 251. The monoisotopic (exact) mass is 178 g/mol. The van der Waals surface area contributed by atoms with Crippen LogP contribution >= 0.6 is 0 Å². The molecule has 0 aromatic rings. The molecule has 0 aromatic carbocycles. The van der Waals surface area contributed by atoms with Crippen LogP contribution in [0.5, 0.6) is 0 Å². The van der Waals surface area contributed by atoms with Crippen LogP contribution in [0.1, 0.15) is 48.0 Å². The number of hydrogen-bond donors (Lipinski definition) is 0. The van der Waals surface area contributed by atoms with Crippen molar-refractivity contribution in [1.29, 1.82) is 0 Å². The van der Waals surface area contributed by atoms with Crippen LogP contribution in [0.4, 0.5) is 0 Å². The summed E-state index contributed by atoms with van der Waals surface area (Å²) >= 11 is 0. The SMILES string of the molecule is CC(C)(C)C1=C(C(C)(C)C)CC=C1. The maximum absolute atomic E-state index is 2.31. The van der Waals surface area contributed by atoms with Gasteiger partial charge in [0.25, 0.3) is 0 Å². The zero-order valence-electron chi connectivity index (χ0n) is 9.86. The topological polar surface area (TPSA) is 0 Å². The van der Waals surface area contributed by atoms with Crippen LogP contribution < -0.4 is 0 Å². The average Bonchev–Trinajstić information content (AvgIpc) is 2.27. The Balaban J connectivity index is 3.10. The number of hydrogen-bond acceptors (Lipinski definition) is 0. The van der Waals surface area contributed by atoms with E-state index in [2.05, 4.69) is 53.7 Å². The van der Waals surface area contributed by atoms with Crippen molar-refractivity contribution >= 4 is 0 Å². The fraction of sp³-hybridized carbons (Fsp3) is 0.692. The highest BCUT2D eigenvalue weighted by atomic mass is 14.3. The highest BCUT2D eigenvalue weighted by molar-refractivity contribution is 5.40. The molecule has 0 saturated carbocycles. The molecule has 0 heterocycles. The zero-order valence-corrected chi connectivity index (χ0v) is 9.86. The highest BCUT2D eigenvalue weighted by Crippen LogP contribution is 2.42. The van der Waals surface area contributed by atoms with Crippen LogP contribution in [0.25, 0.3) is 0 Å². The first-order chi connectivity index (χ1) is 5.73. The molecule has 13 heavy (non-hydrogen) atoms. The summed E-state index contributed by atoms with van der Waals surface area (Å²) in [5.74, 6) is 0. The fourth-order valence-corrected chi connectivity index (χ4v) is 1.92. The van der Waals surface area contributed by atoms with Crippen molar-refractivity contribution in [2.24, 2.45) is 10.8 Å². The molecule has 0 aromatic heterocycles. The van der Waals surface area contributed by atoms with Crippen molar-refractivity contribution in [3.63, 3.8) is 0 Å². The number of allylic oxidation sites excluding steroid dienone is 4. The lowest BCUT2D eigenvalue weighted by Gasteiger charge is -2.29. The summed E-state index contributed by atoms with van der Waals surface area (Å²) in [7, 11) is 0. The van der Waals surface area contributed by atoms with Crippen LogP contribution in [-0.2, 0) is 0 Å². The minimum absolute atomic E-state index is 0.301. The molecule has 0 amide bonds. The van der Waals surface area contributed by atoms with E-state index in [4.69, 9.17) is 0 Å². The van der Waals surface area contributed by atoms with Gasteiger partial charge in [0, 0.05) is 0 Å². The average molecular weight is 178 g/mol. The standard InChI is InChI=1S/C13H22/c1-12(2,3)10-8-7-9-11(10)13(4,5)6/h7-8H,9H2,1-6H3. The van der Waals surface area contributed by atoms with Crippen LogP contribution in [0, 0.1) is 10.8 Å². The number of rotatable bonds is 0. The first-order valence-electron chi connectivity index (χ1n) is 5.13. The molecular weight excluding hydrogens is 156 g/mol. The zero-order chi connectivity index (χ0) is 10.3. The molecule has 0 saturated heterocycles. The first-order valence-corrected chi connectivity index (χ1v) is 5.13. The maximum Gasteiger partial charge on any atom is -0.0124 e. The molecule has 0 bridgehead atoms. The fourth-order valence-electron chi connectivity index (χ4n) is 1.92. The molecule has 74 valence electrons. The van der Waals surface area contributed by atoms with Gasteiger partial charge in [-0.1, -0.05) is 59.3 Å². The minimum Gasteiger partial charge on any atom is -0.0801 e. The van der Waals surface area contributed by atoms with E-state index in [1.54, 1.807) is 11.1 Å². The molecule has 0 nitrogen and oxygen atoms in total. The lowest BCUT2D eigenvalue weighted by Crippen LogP contribution is -2.16. The summed E-state index contributed by atoms with van der Waals surface area (Å²) in [5, 5.41) is 0. The summed E-state index contributed by atoms with van der Waals surface area (Å²) in [4.78, 5) is 0. The van der Waals surface area contributed by atoms with Gasteiger partial charge < -0.3 is 0 Å². The molecule has 1 rings (SSSR count). The van der Waals surface area contributed by atoms with Gasteiger partial charge in [0.05, 0.1) is 0 Å². The molecule has 0 spiro atoms. The smallest absolute Gasteiger partial charge is 0.0124 e. The lowest BCUT2D eigenvalue weighted by atomic mass is 9.76. The second-order valence-corrected chi connectivity index (χ2v) is 6.00. The predicted octanol–water partition coefficient (Wildman–Crippen LogP) is 4.34. The third kappa shape index (κ3) is 2.24. The summed E-state index contributed by atoms with van der Waals surface area (Å²) < 4.78 is 0. The van der Waals surface area contributed by atoms with Gasteiger partial charge >= 0.3 is 0 Å². The third-order valence-electron chi connectivity index (χ3n) is 2.64. The van der Waals surface area contributed by atoms with E-state index in [0.29, 0.717) is 10.8 Å². The van der Waals surface area contributed by atoms with E-state index < -0.39 is 0 Å². The predicted molar refractivity (Wildman–Crippen MR) is 59.7 cm³/mol. The van der Waals surface area contributed by atoms with Gasteiger partial charge in [-0.25, -0.2) is 0 Å². The van der Waals surface area contributed by atoms with E-state index in [9.17, 15) is 0 Å². The van der Waals surface area contributed by atoms with Gasteiger partial charge in [0.1, 0.15) is 0 Å². The highest BCUT2D eigenvalue weighted by Gasteiger charge is 2.27. The second-order valence-electron chi connectivity index (χ2n) is 6.00. The van der Waals surface area contributed by atoms with Crippen molar-refractivity contribution in [3.05, 3.63) is 23.3 Å². The summed E-state index contributed by atoms with van der Waals surface area (Å²) in [6.07, 6.45) is 5.75. The Morgan fingerprint density at radius 3 is 1.77 bits per heavy atom. The second kappa shape index (κ2) is 3.01. The van der Waals surface area contributed by atoms with Gasteiger partial charge in [0.2, 0.25) is 0 Å². The van der Waals surface area contributed by atoms with E-state index in [1.165, 1.54) is 0 Å². The first kappa shape index (κ1) is 10.6. The largest absolute Gasteiger partial charge is 0.0801 e.